The van der Waals surface area contributed by atoms with Gasteiger partial charge in [0.2, 0.25) is 0 Å². The van der Waals surface area contributed by atoms with Crippen molar-refractivity contribution in [2.75, 3.05) is 0 Å². The maximum atomic E-state index is 10.7. The largest absolute Gasteiger partial charge is 0.456 e. The quantitative estimate of drug-likeness (QED) is 0.584. The summed E-state index contributed by atoms with van der Waals surface area (Å²) < 4.78 is 10.2. The first-order valence-corrected chi connectivity index (χ1v) is 5.12. The summed E-state index contributed by atoms with van der Waals surface area (Å²) in [5, 5.41) is 9.23. The molecule has 0 aromatic heterocycles. The Hall–Kier alpha value is -0.130. The van der Waals surface area contributed by atoms with E-state index in [2.05, 4.69) is 15.9 Å². The highest BCUT2D eigenvalue weighted by Gasteiger charge is 2.43. The SMILES string of the molecule is CC[C@H]1O[C@H](Br)[C@H](OC(C)=O)C1O. The maximum Gasteiger partial charge on any atom is 0.303 e. The molecule has 0 spiro atoms. The Kier molecular flexibility index (Phi) is 3.70. The number of aliphatic hydroxyl groups is 1. The van der Waals surface area contributed by atoms with Gasteiger partial charge in [-0.15, -0.1) is 0 Å². The number of hydrogen-bond donors (Lipinski definition) is 1. The van der Waals surface area contributed by atoms with Crippen LogP contribution in [0.3, 0.4) is 0 Å². The molecule has 4 nitrogen and oxygen atoms in total. The lowest BCUT2D eigenvalue weighted by Crippen LogP contribution is -2.34. The van der Waals surface area contributed by atoms with Gasteiger partial charge in [0.1, 0.15) is 6.10 Å². The predicted molar refractivity (Wildman–Crippen MR) is 49.4 cm³/mol. The van der Waals surface area contributed by atoms with Gasteiger partial charge in [-0.25, -0.2) is 0 Å². The van der Waals surface area contributed by atoms with Gasteiger partial charge in [0.05, 0.1) is 6.10 Å². The lowest BCUT2D eigenvalue weighted by atomic mass is 10.1. The molecule has 4 atom stereocenters. The second-order valence-corrected chi connectivity index (χ2v) is 3.90. The van der Waals surface area contributed by atoms with Crippen molar-refractivity contribution >= 4 is 21.9 Å². The van der Waals surface area contributed by atoms with E-state index in [4.69, 9.17) is 9.47 Å². The lowest BCUT2D eigenvalue weighted by Gasteiger charge is -2.16. The average Bonchev–Trinajstić information content (AvgIpc) is 2.31. The molecule has 0 bridgehead atoms. The molecule has 0 aliphatic carbocycles. The Morgan fingerprint density at radius 2 is 2.31 bits per heavy atom. The van der Waals surface area contributed by atoms with Crippen LogP contribution in [0.1, 0.15) is 20.3 Å². The molecule has 5 heteroatoms. The van der Waals surface area contributed by atoms with E-state index in [9.17, 15) is 9.90 Å². The van der Waals surface area contributed by atoms with Crippen LogP contribution in [0.4, 0.5) is 0 Å². The van der Waals surface area contributed by atoms with E-state index in [-0.39, 0.29) is 6.10 Å². The van der Waals surface area contributed by atoms with E-state index in [0.717, 1.165) is 0 Å². The molecule has 0 aromatic carbocycles. The predicted octanol–water partition coefficient (Wildman–Crippen LogP) is 0.809. The fraction of sp³-hybridized carbons (Fsp3) is 0.875. The summed E-state index contributed by atoms with van der Waals surface area (Å²) >= 11 is 3.20. The van der Waals surface area contributed by atoms with E-state index in [1.807, 2.05) is 6.92 Å². The highest BCUT2D eigenvalue weighted by atomic mass is 79.9. The number of ether oxygens (including phenoxy) is 2. The zero-order chi connectivity index (χ0) is 10.0. The third-order valence-corrected chi connectivity index (χ3v) is 2.72. The van der Waals surface area contributed by atoms with Crippen LogP contribution >= 0.6 is 15.9 Å². The molecule has 1 aliphatic heterocycles. The molecule has 1 heterocycles. The van der Waals surface area contributed by atoms with Crippen molar-refractivity contribution in [1.82, 2.24) is 0 Å². The van der Waals surface area contributed by atoms with Gasteiger partial charge < -0.3 is 14.6 Å². The molecule has 0 radical (unpaired) electrons. The van der Waals surface area contributed by atoms with Crippen molar-refractivity contribution in [3.63, 3.8) is 0 Å². The van der Waals surface area contributed by atoms with Crippen LogP contribution in [-0.2, 0) is 14.3 Å². The number of hydrogen-bond acceptors (Lipinski definition) is 4. The number of rotatable bonds is 2. The average molecular weight is 253 g/mol. The van der Waals surface area contributed by atoms with Gasteiger partial charge in [0.15, 0.2) is 11.1 Å². The molecule has 0 aromatic rings. The maximum absolute atomic E-state index is 10.7. The van der Waals surface area contributed by atoms with Crippen LogP contribution in [0.25, 0.3) is 0 Å². The number of aliphatic hydroxyl groups excluding tert-OH is 1. The number of alkyl halides is 1. The van der Waals surface area contributed by atoms with Gasteiger partial charge in [-0.3, -0.25) is 4.79 Å². The summed E-state index contributed by atoms with van der Waals surface area (Å²) in [5.41, 5.74) is 0. The molecule has 1 unspecified atom stereocenters. The van der Waals surface area contributed by atoms with Gasteiger partial charge in [0, 0.05) is 6.92 Å². The molecule has 0 saturated carbocycles. The monoisotopic (exact) mass is 252 g/mol. The van der Waals surface area contributed by atoms with Gasteiger partial charge in [-0.1, -0.05) is 22.9 Å². The van der Waals surface area contributed by atoms with Crippen molar-refractivity contribution in [2.45, 2.75) is 43.6 Å². The Morgan fingerprint density at radius 3 is 2.69 bits per heavy atom. The highest BCUT2D eigenvalue weighted by molar-refractivity contribution is 9.09. The summed E-state index contributed by atoms with van der Waals surface area (Å²) in [6, 6.07) is 0. The first kappa shape index (κ1) is 10.9. The molecule has 1 N–H and O–H groups in total. The third kappa shape index (κ3) is 2.42. The molecule has 0 amide bonds. The normalized spacial score (nSPS) is 39.1. The van der Waals surface area contributed by atoms with E-state index < -0.39 is 23.2 Å². The molecule has 1 rings (SSSR count). The number of carbonyl (C=O) groups is 1. The first-order valence-electron chi connectivity index (χ1n) is 4.21. The Morgan fingerprint density at radius 1 is 1.69 bits per heavy atom. The van der Waals surface area contributed by atoms with Gasteiger partial charge in [-0.05, 0) is 6.42 Å². The van der Waals surface area contributed by atoms with Crippen LogP contribution in [0.15, 0.2) is 0 Å². The van der Waals surface area contributed by atoms with Gasteiger partial charge in [0.25, 0.3) is 0 Å². The van der Waals surface area contributed by atoms with Crippen LogP contribution < -0.4 is 0 Å². The van der Waals surface area contributed by atoms with Crippen LogP contribution in [0, 0.1) is 0 Å². The van der Waals surface area contributed by atoms with Crippen molar-refractivity contribution in [3.8, 4) is 0 Å². The summed E-state index contributed by atoms with van der Waals surface area (Å²) in [5.74, 6) is -0.408. The standard InChI is InChI=1S/C8H13BrO4/c1-3-5-6(11)7(8(9)13-5)12-4(2)10/h5-8,11H,3H2,1-2H3/t5-,6?,7-,8+/m1/s1. The number of carbonyl (C=O) groups excluding carboxylic acids is 1. The van der Waals surface area contributed by atoms with Crippen molar-refractivity contribution < 1.29 is 19.4 Å². The van der Waals surface area contributed by atoms with E-state index in [1.165, 1.54) is 6.92 Å². The minimum absolute atomic E-state index is 0.256. The van der Waals surface area contributed by atoms with Gasteiger partial charge >= 0.3 is 5.97 Å². The minimum Gasteiger partial charge on any atom is -0.456 e. The van der Waals surface area contributed by atoms with E-state index >= 15 is 0 Å². The number of halogens is 1. The summed E-state index contributed by atoms with van der Waals surface area (Å²) in [6.45, 7) is 3.22. The van der Waals surface area contributed by atoms with Crippen molar-refractivity contribution in [3.05, 3.63) is 0 Å². The molecule has 1 fully saturated rings. The van der Waals surface area contributed by atoms with Crippen LogP contribution in [-0.4, -0.2) is 34.4 Å². The summed E-state index contributed by atoms with van der Waals surface area (Å²) in [6.07, 6.45) is -0.893. The highest BCUT2D eigenvalue weighted by Crippen LogP contribution is 2.29. The first-order chi connectivity index (χ1) is 6.06. The Bertz CT molecular complexity index is 197. The van der Waals surface area contributed by atoms with Crippen molar-refractivity contribution in [1.29, 1.82) is 0 Å². The molecule has 13 heavy (non-hydrogen) atoms. The molecule has 1 aliphatic rings. The van der Waals surface area contributed by atoms with Crippen LogP contribution in [0.2, 0.25) is 0 Å². The Balaban J connectivity index is 2.58. The zero-order valence-corrected chi connectivity index (χ0v) is 9.15. The van der Waals surface area contributed by atoms with E-state index in [1.54, 1.807) is 0 Å². The molecule has 76 valence electrons. The van der Waals surface area contributed by atoms with Crippen LogP contribution in [0.5, 0.6) is 0 Å². The second-order valence-electron chi connectivity index (χ2n) is 3.00. The zero-order valence-electron chi connectivity index (χ0n) is 7.57. The molecular formula is C8H13BrO4. The van der Waals surface area contributed by atoms with E-state index in [0.29, 0.717) is 6.42 Å². The smallest absolute Gasteiger partial charge is 0.303 e. The second kappa shape index (κ2) is 4.39. The van der Waals surface area contributed by atoms with Gasteiger partial charge in [-0.2, -0.15) is 0 Å². The lowest BCUT2D eigenvalue weighted by molar-refractivity contribution is -0.150. The number of esters is 1. The fourth-order valence-electron chi connectivity index (χ4n) is 1.34. The fourth-order valence-corrected chi connectivity index (χ4v) is 2.04. The summed E-state index contributed by atoms with van der Waals surface area (Å²) in [7, 11) is 0. The molecule has 1 saturated heterocycles. The third-order valence-electron chi connectivity index (χ3n) is 1.99. The Labute approximate surface area is 85.3 Å². The van der Waals surface area contributed by atoms with Crippen molar-refractivity contribution in [2.24, 2.45) is 0 Å². The molecular weight excluding hydrogens is 240 g/mol. The summed E-state index contributed by atoms with van der Waals surface area (Å²) in [4.78, 5) is 10.7. The minimum atomic E-state index is -0.738. The topological polar surface area (TPSA) is 55.8 Å².